The van der Waals surface area contributed by atoms with Gasteiger partial charge in [0.25, 0.3) is 0 Å². The topological polar surface area (TPSA) is 15.3 Å². The van der Waals surface area contributed by atoms with Gasteiger partial charge in [0, 0.05) is 23.3 Å². The minimum atomic E-state index is 0.581. The first-order valence-corrected chi connectivity index (χ1v) is 7.32. The van der Waals surface area contributed by atoms with E-state index in [1.54, 1.807) is 0 Å². The van der Waals surface area contributed by atoms with Crippen molar-refractivity contribution in [2.45, 2.75) is 38.6 Å². The Balaban J connectivity index is 2.02. The van der Waals surface area contributed by atoms with E-state index in [9.17, 15) is 0 Å². The standard InChI is InChI=1S/C14H19ClN2S/c1-2-13-8-3-4-9-17(13)14(18)16-12-7-5-6-11(15)10-12/h5-7,10,13H,2-4,8-9H2,1H3,(H,16,18)/t13-/m0/s1. The maximum absolute atomic E-state index is 5.97. The molecule has 1 saturated heterocycles. The molecule has 0 aliphatic carbocycles. The molecule has 0 radical (unpaired) electrons. The van der Waals surface area contributed by atoms with Crippen LogP contribution in [0.4, 0.5) is 5.69 Å². The maximum Gasteiger partial charge on any atom is 0.173 e. The van der Waals surface area contributed by atoms with Crippen LogP contribution < -0.4 is 5.32 Å². The maximum atomic E-state index is 5.97. The number of hydrogen-bond donors (Lipinski definition) is 1. The molecule has 2 rings (SSSR count). The van der Waals surface area contributed by atoms with Crippen LogP contribution in [-0.2, 0) is 0 Å². The molecule has 1 aromatic carbocycles. The molecule has 4 heteroatoms. The summed E-state index contributed by atoms with van der Waals surface area (Å²) in [7, 11) is 0. The summed E-state index contributed by atoms with van der Waals surface area (Å²) < 4.78 is 0. The fraction of sp³-hybridized carbons (Fsp3) is 0.500. The molecule has 1 atom stereocenters. The zero-order chi connectivity index (χ0) is 13.0. The average Bonchev–Trinajstić information content (AvgIpc) is 2.38. The zero-order valence-corrected chi connectivity index (χ0v) is 12.2. The van der Waals surface area contributed by atoms with Crippen LogP contribution in [0.5, 0.6) is 0 Å². The Kier molecular flexibility index (Phi) is 4.84. The van der Waals surface area contributed by atoms with Gasteiger partial charge in [0.15, 0.2) is 5.11 Å². The van der Waals surface area contributed by atoms with E-state index in [0.717, 1.165) is 28.8 Å². The summed E-state index contributed by atoms with van der Waals surface area (Å²) in [6, 6.07) is 8.27. The summed E-state index contributed by atoms with van der Waals surface area (Å²) in [6.07, 6.45) is 4.94. The molecule has 1 heterocycles. The zero-order valence-electron chi connectivity index (χ0n) is 10.7. The number of likely N-dealkylation sites (tertiary alicyclic amines) is 1. The van der Waals surface area contributed by atoms with Gasteiger partial charge in [0.05, 0.1) is 0 Å². The SMILES string of the molecule is CC[C@H]1CCCCN1C(=S)Nc1cccc(Cl)c1. The number of rotatable bonds is 2. The Morgan fingerprint density at radius 1 is 1.50 bits per heavy atom. The normalized spacial score (nSPS) is 19.7. The first-order valence-electron chi connectivity index (χ1n) is 6.54. The number of nitrogens with one attached hydrogen (secondary N) is 1. The number of hydrogen-bond acceptors (Lipinski definition) is 1. The number of thiocarbonyl (C=S) groups is 1. The highest BCUT2D eigenvalue weighted by molar-refractivity contribution is 7.80. The molecule has 2 nitrogen and oxygen atoms in total. The van der Waals surface area contributed by atoms with Crippen molar-refractivity contribution in [1.29, 1.82) is 0 Å². The van der Waals surface area contributed by atoms with Crippen LogP contribution in [0.25, 0.3) is 0 Å². The fourth-order valence-electron chi connectivity index (χ4n) is 2.45. The van der Waals surface area contributed by atoms with E-state index in [-0.39, 0.29) is 0 Å². The molecule has 1 aliphatic rings. The molecule has 0 bridgehead atoms. The number of nitrogens with zero attached hydrogens (tertiary/aromatic N) is 1. The molecule has 1 aliphatic heterocycles. The van der Waals surface area contributed by atoms with Crippen molar-refractivity contribution in [2.24, 2.45) is 0 Å². The van der Waals surface area contributed by atoms with Gasteiger partial charge in [0.1, 0.15) is 0 Å². The van der Waals surface area contributed by atoms with E-state index in [2.05, 4.69) is 17.1 Å². The highest BCUT2D eigenvalue weighted by Gasteiger charge is 2.22. The minimum absolute atomic E-state index is 0.581. The second-order valence-electron chi connectivity index (χ2n) is 4.69. The Morgan fingerprint density at radius 3 is 3.06 bits per heavy atom. The van der Waals surface area contributed by atoms with Gasteiger partial charge in [0.2, 0.25) is 0 Å². The lowest BCUT2D eigenvalue weighted by molar-refractivity contribution is 0.239. The van der Waals surface area contributed by atoms with Crippen molar-refractivity contribution in [1.82, 2.24) is 4.90 Å². The predicted octanol–water partition coefficient (Wildman–Crippen LogP) is 4.30. The lowest BCUT2D eigenvalue weighted by atomic mass is 10.0. The third-order valence-electron chi connectivity index (χ3n) is 3.44. The molecule has 18 heavy (non-hydrogen) atoms. The predicted molar refractivity (Wildman–Crippen MR) is 82.3 cm³/mol. The van der Waals surface area contributed by atoms with Gasteiger partial charge >= 0.3 is 0 Å². The van der Waals surface area contributed by atoms with Gasteiger partial charge in [-0.1, -0.05) is 24.6 Å². The van der Waals surface area contributed by atoms with Crippen molar-refractivity contribution < 1.29 is 0 Å². The van der Waals surface area contributed by atoms with Crippen LogP contribution in [0.3, 0.4) is 0 Å². The Hall–Kier alpha value is -0.800. The number of halogens is 1. The summed E-state index contributed by atoms with van der Waals surface area (Å²) in [5.41, 5.74) is 0.966. The van der Waals surface area contributed by atoms with E-state index >= 15 is 0 Å². The molecule has 0 spiro atoms. The molecular weight excluding hydrogens is 264 g/mol. The highest BCUT2D eigenvalue weighted by Crippen LogP contribution is 2.21. The molecular formula is C14H19ClN2S. The molecule has 1 N–H and O–H groups in total. The average molecular weight is 283 g/mol. The van der Waals surface area contributed by atoms with E-state index in [0.29, 0.717) is 6.04 Å². The number of benzene rings is 1. The van der Waals surface area contributed by atoms with E-state index in [1.807, 2.05) is 24.3 Å². The monoisotopic (exact) mass is 282 g/mol. The van der Waals surface area contributed by atoms with Gasteiger partial charge in [-0.15, -0.1) is 0 Å². The van der Waals surface area contributed by atoms with Gasteiger partial charge in [-0.3, -0.25) is 0 Å². The first kappa shape index (κ1) is 13.6. The van der Waals surface area contributed by atoms with E-state index in [1.165, 1.54) is 19.3 Å². The van der Waals surface area contributed by atoms with Gasteiger partial charge in [-0.05, 0) is 56.1 Å². The molecule has 0 unspecified atom stereocenters. The molecule has 1 aromatic rings. The minimum Gasteiger partial charge on any atom is -0.346 e. The van der Waals surface area contributed by atoms with Crippen molar-refractivity contribution in [3.05, 3.63) is 29.3 Å². The third-order valence-corrected chi connectivity index (χ3v) is 4.01. The van der Waals surface area contributed by atoms with E-state index in [4.69, 9.17) is 23.8 Å². The van der Waals surface area contributed by atoms with Crippen molar-refractivity contribution in [2.75, 3.05) is 11.9 Å². The van der Waals surface area contributed by atoms with Crippen LogP contribution >= 0.6 is 23.8 Å². The van der Waals surface area contributed by atoms with Crippen LogP contribution in [0.1, 0.15) is 32.6 Å². The number of anilines is 1. The summed E-state index contributed by atoms with van der Waals surface area (Å²) in [4.78, 5) is 2.32. The smallest absolute Gasteiger partial charge is 0.173 e. The van der Waals surface area contributed by atoms with Gasteiger partial charge < -0.3 is 10.2 Å². The molecule has 1 fully saturated rings. The summed E-state index contributed by atoms with van der Waals surface area (Å²) in [5.74, 6) is 0. The Morgan fingerprint density at radius 2 is 2.33 bits per heavy atom. The molecule has 98 valence electrons. The Bertz CT molecular complexity index is 422. The second kappa shape index (κ2) is 6.39. The fourth-order valence-corrected chi connectivity index (χ4v) is 3.00. The molecule has 0 saturated carbocycles. The van der Waals surface area contributed by atoms with Crippen LogP contribution in [0.15, 0.2) is 24.3 Å². The van der Waals surface area contributed by atoms with Crippen molar-refractivity contribution >= 4 is 34.6 Å². The van der Waals surface area contributed by atoms with Crippen LogP contribution in [-0.4, -0.2) is 22.6 Å². The van der Waals surface area contributed by atoms with Crippen molar-refractivity contribution in [3.63, 3.8) is 0 Å². The summed E-state index contributed by atoms with van der Waals surface area (Å²) >= 11 is 11.5. The van der Waals surface area contributed by atoms with Crippen LogP contribution in [0.2, 0.25) is 5.02 Å². The van der Waals surface area contributed by atoms with Gasteiger partial charge in [-0.2, -0.15) is 0 Å². The van der Waals surface area contributed by atoms with E-state index < -0.39 is 0 Å². The lowest BCUT2D eigenvalue weighted by Gasteiger charge is -2.37. The third kappa shape index (κ3) is 3.36. The van der Waals surface area contributed by atoms with Crippen LogP contribution in [0, 0.1) is 0 Å². The Labute approximate surface area is 119 Å². The second-order valence-corrected chi connectivity index (χ2v) is 5.51. The highest BCUT2D eigenvalue weighted by atomic mass is 35.5. The van der Waals surface area contributed by atoms with Crippen molar-refractivity contribution in [3.8, 4) is 0 Å². The largest absolute Gasteiger partial charge is 0.346 e. The quantitative estimate of drug-likeness (QED) is 0.814. The lowest BCUT2D eigenvalue weighted by Crippen LogP contribution is -2.45. The first-order chi connectivity index (χ1) is 8.70. The summed E-state index contributed by atoms with van der Waals surface area (Å²) in [6.45, 7) is 3.29. The van der Waals surface area contributed by atoms with Gasteiger partial charge in [-0.25, -0.2) is 0 Å². The molecule has 0 amide bonds. The number of piperidine rings is 1. The summed E-state index contributed by atoms with van der Waals surface area (Å²) in [5, 5.41) is 4.84. The molecule has 0 aromatic heterocycles.